The highest BCUT2D eigenvalue weighted by atomic mass is 16.5. The quantitative estimate of drug-likeness (QED) is 0.655. The molecule has 3 aromatic rings. The normalized spacial score (nSPS) is 12.5. The van der Waals surface area contributed by atoms with E-state index in [1.54, 1.807) is 0 Å². The predicted octanol–water partition coefficient (Wildman–Crippen LogP) is 2.61. The maximum Gasteiger partial charge on any atom is 0.129 e. The molecule has 2 aromatic carbocycles. The van der Waals surface area contributed by atoms with Crippen molar-refractivity contribution in [3.63, 3.8) is 0 Å². The standard InChI is InChI=1S/C18H20N2O2/c19-15(11-21)9-14-10-20-16-7-4-8-17(18(14)16)22-12-13-5-2-1-3-6-13/h1-8,10,15,20-21H,9,11-12,19H2. The lowest BCUT2D eigenvalue weighted by Crippen LogP contribution is -2.26. The molecule has 3 rings (SSSR count). The highest BCUT2D eigenvalue weighted by Crippen LogP contribution is 2.30. The minimum absolute atomic E-state index is 0.0281. The molecule has 0 saturated carbocycles. The van der Waals surface area contributed by atoms with Crippen molar-refractivity contribution < 1.29 is 9.84 Å². The highest BCUT2D eigenvalue weighted by molar-refractivity contribution is 5.89. The number of benzene rings is 2. The number of aliphatic hydroxyl groups excluding tert-OH is 1. The molecule has 1 heterocycles. The lowest BCUT2D eigenvalue weighted by molar-refractivity contribution is 0.265. The van der Waals surface area contributed by atoms with Crippen LogP contribution in [-0.2, 0) is 13.0 Å². The number of aromatic amines is 1. The van der Waals surface area contributed by atoms with E-state index in [4.69, 9.17) is 15.6 Å². The molecule has 4 N–H and O–H groups in total. The fourth-order valence-electron chi connectivity index (χ4n) is 2.58. The third kappa shape index (κ3) is 3.13. The zero-order valence-corrected chi connectivity index (χ0v) is 12.3. The molecule has 0 bridgehead atoms. The number of ether oxygens (including phenoxy) is 1. The number of hydrogen-bond donors (Lipinski definition) is 3. The van der Waals surface area contributed by atoms with Gasteiger partial charge >= 0.3 is 0 Å². The molecular formula is C18H20N2O2. The van der Waals surface area contributed by atoms with Crippen molar-refractivity contribution >= 4 is 10.9 Å². The van der Waals surface area contributed by atoms with Crippen LogP contribution in [0.1, 0.15) is 11.1 Å². The maximum atomic E-state index is 9.16. The average molecular weight is 296 g/mol. The number of rotatable bonds is 6. The van der Waals surface area contributed by atoms with Gasteiger partial charge in [0.2, 0.25) is 0 Å². The van der Waals surface area contributed by atoms with E-state index in [-0.39, 0.29) is 12.6 Å². The van der Waals surface area contributed by atoms with Crippen molar-refractivity contribution in [1.29, 1.82) is 0 Å². The van der Waals surface area contributed by atoms with Gasteiger partial charge in [-0.3, -0.25) is 0 Å². The van der Waals surface area contributed by atoms with Gasteiger partial charge in [0.1, 0.15) is 12.4 Å². The molecule has 0 spiro atoms. The molecule has 0 fully saturated rings. The molecule has 1 unspecified atom stereocenters. The zero-order valence-electron chi connectivity index (χ0n) is 12.3. The van der Waals surface area contributed by atoms with Crippen molar-refractivity contribution in [2.24, 2.45) is 5.73 Å². The molecule has 4 nitrogen and oxygen atoms in total. The smallest absolute Gasteiger partial charge is 0.129 e. The van der Waals surface area contributed by atoms with Crippen LogP contribution in [-0.4, -0.2) is 22.7 Å². The van der Waals surface area contributed by atoms with E-state index < -0.39 is 0 Å². The maximum absolute atomic E-state index is 9.16. The number of nitrogens with one attached hydrogen (secondary N) is 1. The van der Waals surface area contributed by atoms with Gasteiger partial charge in [0.25, 0.3) is 0 Å². The summed E-state index contributed by atoms with van der Waals surface area (Å²) in [5, 5.41) is 10.2. The Morgan fingerprint density at radius 3 is 2.68 bits per heavy atom. The van der Waals surface area contributed by atoms with Gasteiger partial charge in [-0.15, -0.1) is 0 Å². The molecule has 4 heteroatoms. The number of aromatic nitrogens is 1. The molecule has 114 valence electrons. The largest absolute Gasteiger partial charge is 0.488 e. The van der Waals surface area contributed by atoms with Crippen LogP contribution < -0.4 is 10.5 Å². The first-order valence-electron chi connectivity index (χ1n) is 7.40. The van der Waals surface area contributed by atoms with E-state index in [9.17, 15) is 0 Å². The van der Waals surface area contributed by atoms with Crippen molar-refractivity contribution in [3.8, 4) is 5.75 Å². The van der Waals surface area contributed by atoms with E-state index in [0.29, 0.717) is 13.0 Å². The summed E-state index contributed by atoms with van der Waals surface area (Å²) in [6.45, 7) is 0.496. The summed E-state index contributed by atoms with van der Waals surface area (Å²) in [6, 6.07) is 15.8. The highest BCUT2D eigenvalue weighted by Gasteiger charge is 2.12. The third-order valence-electron chi connectivity index (χ3n) is 3.70. The molecule has 0 aliphatic carbocycles. The average Bonchev–Trinajstić information content (AvgIpc) is 2.97. The molecule has 22 heavy (non-hydrogen) atoms. The molecule has 0 radical (unpaired) electrons. The molecular weight excluding hydrogens is 276 g/mol. The van der Waals surface area contributed by atoms with E-state index in [2.05, 4.69) is 4.98 Å². The second-order valence-electron chi connectivity index (χ2n) is 5.41. The summed E-state index contributed by atoms with van der Waals surface area (Å²) in [6.07, 6.45) is 2.55. The molecule has 0 amide bonds. The van der Waals surface area contributed by atoms with Crippen LogP contribution in [0, 0.1) is 0 Å². The van der Waals surface area contributed by atoms with Gasteiger partial charge in [-0.25, -0.2) is 0 Å². The number of H-pyrrole nitrogens is 1. The second kappa shape index (κ2) is 6.64. The minimum Gasteiger partial charge on any atom is -0.488 e. The van der Waals surface area contributed by atoms with Crippen molar-refractivity contribution in [2.45, 2.75) is 19.1 Å². The van der Waals surface area contributed by atoms with Crippen LogP contribution >= 0.6 is 0 Å². The van der Waals surface area contributed by atoms with Crippen molar-refractivity contribution in [2.75, 3.05) is 6.61 Å². The van der Waals surface area contributed by atoms with Gasteiger partial charge in [-0.2, -0.15) is 0 Å². The Labute approximate surface area is 129 Å². The summed E-state index contributed by atoms with van der Waals surface area (Å²) >= 11 is 0. The van der Waals surface area contributed by atoms with Crippen molar-refractivity contribution in [3.05, 3.63) is 65.9 Å². The van der Waals surface area contributed by atoms with Crippen LogP contribution in [0.3, 0.4) is 0 Å². The van der Waals surface area contributed by atoms with Crippen molar-refractivity contribution in [1.82, 2.24) is 4.98 Å². The molecule has 1 aromatic heterocycles. The second-order valence-corrected chi connectivity index (χ2v) is 5.41. The molecule has 0 saturated heterocycles. The van der Waals surface area contributed by atoms with Gasteiger partial charge in [0, 0.05) is 23.1 Å². The zero-order chi connectivity index (χ0) is 15.4. The van der Waals surface area contributed by atoms with Gasteiger partial charge in [-0.1, -0.05) is 36.4 Å². The summed E-state index contributed by atoms with van der Waals surface area (Å²) in [4.78, 5) is 3.24. The van der Waals surface area contributed by atoms with Crippen LogP contribution in [0.15, 0.2) is 54.7 Å². The number of nitrogens with two attached hydrogens (primary N) is 1. The van der Waals surface area contributed by atoms with Crippen LogP contribution in [0.25, 0.3) is 10.9 Å². The Balaban J connectivity index is 1.87. The van der Waals surface area contributed by atoms with E-state index >= 15 is 0 Å². The fourth-order valence-corrected chi connectivity index (χ4v) is 2.58. The van der Waals surface area contributed by atoms with Crippen LogP contribution in [0.2, 0.25) is 0 Å². The Morgan fingerprint density at radius 1 is 1.09 bits per heavy atom. The topological polar surface area (TPSA) is 71.3 Å². The van der Waals surface area contributed by atoms with Gasteiger partial charge in [-0.05, 0) is 29.7 Å². The molecule has 0 aliphatic heterocycles. The number of hydrogen-bond acceptors (Lipinski definition) is 3. The summed E-state index contributed by atoms with van der Waals surface area (Å²) in [5.74, 6) is 0.836. The third-order valence-corrected chi connectivity index (χ3v) is 3.70. The SMILES string of the molecule is NC(CO)Cc1c[nH]c2cccc(OCc3ccccc3)c12. The van der Waals surface area contributed by atoms with E-state index in [1.807, 2.05) is 54.7 Å². The molecule has 0 aliphatic rings. The first-order chi connectivity index (χ1) is 10.8. The Bertz CT molecular complexity index is 737. The Morgan fingerprint density at radius 2 is 1.91 bits per heavy atom. The fraction of sp³-hybridized carbons (Fsp3) is 0.222. The van der Waals surface area contributed by atoms with Crippen LogP contribution in [0.5, 0.6) is 5.75 Å². The summed E-state index contributed by atoms with van der Waals surface area (Å²) in [7, 11) is 0. The lowest BCUT2D eigenvalue weighted by atomic mass is 10.1. The Hall–Kier alpha value is -2.30. The van der Waals surface area contributed by atoms with E-state index in [0.717, 1.165) is 27.8 Å². The summed E-state index contributed by atoms with van der Waals surface area (Å²) in [5.41, 5.74) is 9.08. The number of aliphatic hydroxyl groups is 1. The monoisotopic (exact) mass is 296 g/mol. The first kappa shape index (κ1) is 14.6. The predicted molar refractivity (Wildman–Crippen MR) is 87.8 cm³/mol. The summed E-state index contributed by atoms with van der Waals surface area (Å²) < 4.78 is 6.00. The first-order valence-corrected chi connectivity index (χ1v) is 7.40. The van der Waals surface area contributed by atoms with E-state index in [1.165, 1.54) is 0 Å². The lowest BCUT2D eigenvalue weighted by Gasteiger charge is -2.11. The number of fused-ring (bicyclic) bond motifs is 1. The van der Waals surface area contributed by atoms with Gasteiger partial charge < -0.3 is 20.6 Å². The Kier molecular flexibility index (Phi) is 4.42. The van der Waals surface area contributed by atoms with Gasteiger partial charge in [0.15, 0.2) is 0 Å². The minimum atomic E-state index is -0.263. The van der Waals surface area contributed by atoms with Gasteiger partial charge in [0.05, 0.1) is 6.61 Å². The van der Waals surface area contributed by atoms with Crippen LogP contribution in [0.4, 0.5) is 0 Å². The molecule has 1 atom stereocenters.